The van der Waals surface area contributed by atoms with Crippen LogP contribution in [-0.4, -0.2) is 140 Å². The number of piperazine rings is 2. The fourth-order valence-corrected chi connectivity index (χ4v) is 6.03. The Balaban J connectivity index is 1.60. The molecule has 2 rings (SSSR count). The van der Waals surface area contributed by atoms with E-state index in [1.54, 1.807) is 38.1 Å². The van der Waals surface area contributed by atoms with Crippen LogP contribution in [0.2, 0.25) is 6.04 Å². The first-order chi connectivity index (χ1) is 16.9. The number of carbonyl (C=O) groups is 2. The molecule has 0 spiro atoms. The minimum Gasteiger partial charge on any atom is -0.445 e. The number of unbranched alkanes of at least 4 members (excludes halogenated alkanes) is 1. The van der Waals surface area contributed by atoms with Gasteiger partial charge < -0.3 is 32.6 Å². The molecular formula is C23H46N4O7Si. The van der Waals surface area contributed by atoms with Crippen molar-refractivity contribution in [2.45, 2.75) is 45.3 Å². The molecule has 1 unspecified atom stereocenters. The van der Waals surface area contributed by atoms with Gasteiger partial charge in [0, 0.05) is 79.7 Å². The molecule has 0 aromatic rings. The van der Waals surface area contributed by atoms with E-state index in [0.29, 0.717) is 26.2 Å². The molecule has 2 aliphatic rings. The number of ether oxygens (including phenoxy) is 2. The number of carbonyl (C=O) groups excluding carboxylic acids is 2. The van der Waals surface area contributed by atoms with E-state index in [-0.39, 0.29) is 18.8 Å². The summed E-state index contributed by atoms with van der Waals surface area (Å²) in [5.41, 5.74) is 0. The van der Waals surface area contributed by atoms with Gasteiger partial charge in [0.15, 0.2) is 0 Å². The van der Waals surface area contributed by atoms with Gasteiger partial charge in [-0.15, -0.1) is 0 Å². The van der Waals surface area contributed by atoms with Gasteiger partial charge in [-0.1, -0.05) is 13.3 Å². The van der Waals surface area contributed by atoms with Gasteiger partial charge >= 0.3 is 21.0 Å². The highest BCUT2D eigenvalue weighted by atomic mass is 28.4. The largest absolute Gasteiger partial charge is 0.500 e. The Morgan fingerprint density at radius 1 is 0.771 bits per heavy atom. The highest BCUT2D eigenvalue weighted by Crippen LogP contribution is 2.16. The van der Waals surface area contributed by atoms with Crippen LogP contribution in [0, 0.1) is 0 Å². The molecule has 2 aliphatic heterocycles. The van der Waals surface area contributed by atoms with Crippen molar-refractivity contribution in [3.63, 3.8) is 0 Å². The molecule has 1 atom stereocenters. The smallest absolute Gasteiger partial charge is 0.445 e. The fourth-order valence-electron chi connectivity index (χ4n) is 4.33. The van der Waals surface area contributed by atoms with Gasteiger partial charge in [-0.05, 0) is 32.9 Å². The maximum atomic E-state index is 12.5. The second-order valence-electron chi connectivity index (χ2n) is 9.18. The van der Waals surface area contributed by atoms with E-state index in [2.05, 4.69) is 16.7 Å². The summed E-state index contributed by atoms with van der Waals surface area (Å²) in [5, 5.41) is 0. The lowest BCUT2D eigenvalue weighted by atomic mass is 10.2. The third kappa shape index (κ3) is 9.85. The molecular weight excluding hydrogens is 472 g/mol. The normalized spacial score (nSPS) is 19.0. The van der Waals surface area contributed by atoms with Crippen molar-refractivity contribution in [1.82, 2.24) is 19.6 Å². The van der Waals surface area contributed by atoms with Gasteiger partial charge in [0.2, 0.25) is 0 Å². The zero-order valence-electron chi connectivity index (χ0n) is 22.3. The Morgan fingerprint density at radius 2 is 1.26 bits per heavy atom. The van der Waals surface area contributed by atoms with E-state index in [4.69, 9.17) is 22.8 Å². The Kier molecular flexibility index (Phi) is 13.3. The molecule has 0 aromatic heterocycles. The first-order valence-electron chi connectivity index (χ1n) is 12.8. The zero-order valence-corrected chi connectivity index (χ0v) is 23.3. The Labute approximate surface area is 211 Å². The van der Waals surface area contributed by atoms with Gasteiger partial charge in [-0.2, -0.15) is 0 Å². The summed E-state index contributed by atoms with van der Waals surface area (Å²) < 4.78 is 27.3. The quantitative estimate of drug-likeness (QED) is 0.339. The van der Waals surface area contributed by atoms with Gasteiger partial charge in [0.25, 0.3) is 0 Å². The second kappa shape index (κ2) is 15.6. The molecule has 2 fully saturated rings. The van der Waals surface area contributed by atoms with Gasteiger partial charge in [0.05, 0.1) is 0 Å². The molecule has 0 saturated carbocycles. The number of hydrogen-bond donors (Lipinski definition) is 0. The van der Waals surface area contributed by atoms with Crippen molar-refractivity contribution in [3.8, 4) is 0 Å². The van der Waals surface area contributed by atoms with Crippen LogP contribution in [0.1, 0.15) is 33.1 Å². The van der Waals surface area contributed by atoms with Crippen molar-refractivity contribution in [1.29, 1.82) is 0 Å². The third-order valence-electron chi connectivity index (χ3n) is 6.72. The second-order valence-corrected chi connectivity index (χ2v) is 12.3. The molecule has 0 aliphatic carbocycles. The molecule has 35 heavy (non-hydrogen) atoms. The minimum absolute atomic E-state index is 0.0602. The number of amides is 2. The standard InChI is InChI=1S/C23H46N4O7Si/c1-6-7-9-24-11-15-26(16-12-24)22(28)33-20-21(2)34-23(29)27-17-13-25(14-18-27)10-8-19-35(30-3,31-4)32-5/h21H,6-20H2,1-5H3. The van der Waals surface area contributed by atoms with Gasteiger partial charge in [-0.25, -0.2) is 9.59 Å². The lowest BCUT2D eigenvalue weighted by Gasteiger charge is -2.35. The van der Waals surface area contributed by atoms with Crippen molar-refractivity contribution < 1.29 is 32.3 Å². The molecule has 2 amide bonds. The van der Waals surface area contributed by atoms with Crippen molar-refractivity contribution >= 4 is 21.0 Å². The molecule has 0 bridgehead atoms. The van der Waals surface area contributed by atoms with Crippen molar-refractivity contribution in [3.05, 3.63) is 0 Å². The third-order valence-corrected chi connectivity index (χ3v) is 9.55. The maximum absolute atomic E-state index is 12.5. The number of hydrogen-bond acceptors (Lipinski definition) is 9. The zero-order chi connectivity index (χ0) is 25.7. The molecule has 0 N–H and O–H groups in total. The molecule has 2 heterocycles. The van der Waals surface area contributed by atoms with E-state index >= 15 is 0 Å². The van der Waals surface area contributed by atoms with Crippen LogP contribution in [-0.2, 0) is 22.8 Å². The summed E-state index contributed by atoms with van der Waals surface area (Å²) in [5.74, 6) is 0. The fraction of sp³-hybridized carbons (Fsp3) is 0.913. The molecule has 11 nitrogen and oxygen atoms in total. The van der Waals surface area contributed by atoms with E-state index in [1.807, 2.05) is 0 Å². The van der Waals surface area contributed by atoms with Crippen molar-refractivity contribution in [2.24, 2.45) is 0 Å². The number of nitrogens with zero attached hydrogens (tertiary/aromatic N) is 4. The van der Waals surface area contributed by atoms with Crippen LogP contribution in [0.15, 0.2) is 0 Å². The predicted molar refractivity (Wildman–Crippen MR) is 134 cm³/mol. The predicted octanol–water partition coefficient (Wildman–Crippen LogP) is 1.95. The van der Waals surface area contributed by atoms with Crippen LogP contribution in [0.3, 0.4) is 0 Å². The highest BCUT2D eigenvalue weighted by Gasteiger charge is 2.37. The monoisotopic (exact) mass is 518 g/mol. The summed E-state index contributed by atoms with van der Waals surface area (Å²) in [6.07, 6.45) is 2.07. The highest BCUT2D eigenvalue weighted by molar-refractivity contribution is 6.60. The average molecular weight is 519 g/mol. The minimum atomic E-state index is -2.54. The van der Waals surface area contributed by atoms with E-state index < -0.39 is 14.9 Å². The first kappa shape index (κ1) is 29.8. The Bertz CT molecular complexity index is 617. The topological polar surface area (TPSA) is 93.3 Å². The maximum Gasteiger partial charge on any atom is 0.500 e. The summed E-state index contributed by atoms with van der Waals surface area (Å²) >= 11 is 0. The summed E-state index contributed by atoms with van der Waals surface area (Å²) in [7, 11) is 2.34. The first-order valence-corrected chi connectivity index (χ1v) is 14.8. The summed E-state index contributed by atoms with van der Waals surface area (Å²) in [4.78, 5) is 33.0. The van der Waals surface area contributed by atoms with Crippen LogP contribution in [0.4, 0.5) is 9.59 Å². The SMILES string of the molecule is CCCCN1CCN(C(=O)OCC(C)OC(=O)N2CCN(CCC[Si](OC)(OC)OC)CC2)CC1. The van der Waals surface area contributed by atoms with Crippen LogP contribution in [0.5, 0.6) is 0 Å². The lowest BCUT2D eigenvalue weighted by molar-refractivity contribution is 0.0123. The molecule has 0 radical (unpaired) electrons. The van der Waals surface area contributed by atoms with Crippen LogP contribution in [0.25, 0.3) is 0 Å². The summed E-state index contributed by atoms with van der Waals surface area (Å²) in [6.45, 7) is 11.8. The van der Waals surface area contributed by atoms with Gasteiger partial charge in [-0.3, -0.25) is 9.80 Å². The lowest BCUT2D eigenvalue weighted by Crippen LogP contribution is -2.50. The van der Waals surface area contributed by atoms with Crippen LogP contribution < -0.4 is 0 Å². The molecule has 2 saturated heterocycles. The molecule has 204 valence electrons. The average Bonchev–Trinajstić information content (AvgIpc) is 2.89. The van der Waals surface area contributed by atoms with Crippen molar-refractivity contribution in [2.75, 3.05) is 93.4 Å². The molecule has 12 heteroatoms. The van der Waals surface area contributed by atoms with E-state index in [9.17, 15) is 9.59 Å². The Morgan fingerprint density at radius 3 is 1.74 bits per heavy atom. The Hall–Kier alpha value is -1.44. The van der Waals surface area contributed by atoms with Crippen LogP contribution >= 0.6 is 0 Å². The van der Waals surface area contributed by atoms with E-state index in [0.717, 1.165) is 51.7 Å². The van der Waals surface area contributed by atoms with Gasteiger partial charge in [0.1, 0.15) is 12.7 Å². The summed E-state index contributed by atoms with van der Waals surface area (Å²) in [6, 6.07) is 0.754. The molecule has 0 aromatic carbocycles. The number of rotatable bonds is 13. The van der Waals surface area contributed by atoms with E-state index in [1.165, 1.54) is 12.8 Å².